The number of hydrogen-bond acceptors (Lipinski definition) is 3. The van der Waals surface area contributed by atoms with Gasteiger partial charge in [-0.15, -0.1) is 0 Å². The summed E-state index contributed by atoms with van der Waals surface area (Å²) in [5.74, 6) is 7.37. The van der Waals surface area contributed by atoms with Gasteiger partial charge in [-0.3, -0.25) is 11.3 Å². The average molecular weight is 264 g/mol. The lowest BCUT2D eigenvalue weighted by Crippen LogP contribution is -2.29. The molecule has 0 spiro atoms. The highest BCUT2D eigenvalue weighted by molar-refractivity contribution is 5.30. The lowest BCUT2D eigenvalue weighted by atomic mass is 9.91. The molecular weight excluding hydrogens is 236 g/mol. The zero-order valence-electron chi connectivity index (χ0n) is 12.5. The van der Waals surface area contributed by atoms with Crippen molar-refractivity contribution in [2.75, 3.05) is 6.61 Å². The molecule has 0 amide bonds. The number of benzene rings is 1. The molecule has 108 valence electrons. The molecule has 0 saturated heterocycles. The van der Waals surface area contributed by atoms with Crippen molar-refractivity contribution in [1.29, 1.82) is 0 Å². The van der Waals surface area contributed by atoms with E-state index in [9.17, 15) is 0 Å². The van der Waals surface area contributed by atoms with E-state index in [1.165, 1.54) is 18.4 Å². The fraction of sp³-hybridized carbons (Fsp3) is 0.625. The number of nitrogens with one attached hydrogen (secondary N) is 1. The molecule has 0 aromatic heterocycles. The first-order chi connectivity index (χ1) is 9.24. The van der Waals surface area contributed by atoms with Crippen LogP contribution in [0, 0.1) is 5.92 Å². The smallest absolute Gasteiger partial charge is 0.119 e. The van der Waals surface area contributed by atoms with Crippen molar-refractivity contribution >= 4 is 0 Å². The summed E-state index contributed by atoms with van der Waals surface area (Å²) in [5.41, 5.74) is 4.16. The SMILES string of the molecule is CCCOc1cccc(C(CC(CC)CC)NN)c1. The van der Waals surface area contributed by atoms with Crippen molar-refractivity contribution in [2.24, 2.45) is 11.8 Å². The third kappa shape index (κ3) is 5.21. The standard InChI is InChI=1S/C16H28N2O/c1-4-10-19-15-9-7-8-14(12-15)16(18-17)11-13(5-2)6-3/h7-9,12-13,16,18H,4-6,10-11,17H2,1-3H3. The minimum absolute atomic E-state index is 0.204. The molecule has 1 rings (SSSR count). The monoisotopic (exact) mass is 264 g/mol. The number of nitrogens with two attached hydrogens (primary N) is 1. The van der Waals surface area contributed by atoms with Gasteiger partial charge in [-0.1, -0.05) is 45.7 Å². The molecule has 1 atom stereocenters. The highest BCUT2D eigenvalue weighted by Gasteiger charge is 2.15. The van der Waals surface area contributed by atoms with Gasteiger partial charge in [0, 0.05) is 6.04 Å². The Labute approximate surface area is 117 Å². The van der Waals surface area contributed by atoms with E-state index in [1.54, 1.807) is 0 Å². The molecule has 0 heterocycles. The minimum atomic E-state index is 0.204. The summed E-state index contributed by atoms with van der Waals surface area (Å²) >= 11 is 0. The van der Waals surface area contributed by atoms with Crippen LogP contribution in [0.1, 0.15) is 58.1 Å². The van der Waals surface area contributed by atoms with Crippen molar-refractivity contribution < 1.29 is 4.74 Å². The van der Waals surface area contributed by atoms with Crippen molar-refractivity contribution in [3.8, 4) is 5.75 Å². The van der Waals surface area contributed by atoms with Crippen LogP contribution in [0.2, 0.25) is 0 Å². The quantitative estimate of drug-likeness (QED) is 0.527. The molecule has 3 nitrogen and oxygen atoms in total. The zero-order valence-corrected chi connectivity index (χ0v) is 12.5. The number of rotatable bonds is 9. The van der Waals surface area contributed by atoms with Gasteiger partial charge in [0.2, 0.25) is 0 Å². The molecular formula is C16H28N2O. The summed E-state index contributed by atoms with van der Waals surface area (Å²) in [6.07, 6.45) is 4.48. The number of hydrazine groups is 1. The highest BCUT2D eigenvalue weighted by atomic mass is 16.5. The maximum absolute atomic E-state index is 5.72. The third-order valence-electron chi connectivity index (χ3n) is 3.66. The Morgan fingerprint density at radius 3 is 2.53 bits per heavy atom. The first-order valence-electron chi connectivity index (χ1n) is 7.43. The van der Waals surface area contributed by atoms with Crippen molar-refractivity contribution in [1.82, 2.24) is 5.43 Å². The summed E-state index contributed by atoms with van der Waals surface area (Å²) in [6.45, 7) is 7.35. The van der Waals surface area contributed by atoms with E-state index in [0.717, 1.165) is 25.2 Å². The molecule has 3 N–H and O–H groups in total. The summed E-state index contributed by atoms with van der Waals surface area (Å²) in [6, 6.07) is 8.46. The van der Waals surface area contributed by atoms with Gasteiger partial charge in [-0.25, -0.2) is 0 Å². The summed E-state index contributed by atoms with van der Waals surface area (Å²) in [5, 5.41) is 0. The normalized spacial score (nSPS) is 12.7. The van der Waals surface area contributed by atoms with Gasteiger partial charge < -0.3 is 4.74 Å². The van der Waals surface area contributed by atoms with Crippen LogP contribution in [0.4, 0.5) is 0 Å². The molecule has 0 radical (unpaired) electrons. The molecule has 0 aliphatic carbocycles. The topological polar surface area (TPSA) is 47.3 Å². The molecule has 0 aliphatic rings. The Morgan fingerprint density at radius 1 is 1.21 bits per heavy atom. The van der Waals surface area contributed by atoms with E-state index in [1.807, 2.05) is 12.1 Å². The van der Waals surface area contributed by atoms with Crippen LogP contribution >= 0.6 is 0 Å². The predicted octanol–water partition coefficient (Wildman–Crippen LogP) is 3.81. The van der Waals surface area contributed by atoms with E-state index >= 15 is 0 Å². The molecule has 1 unspecified atom stereocenters. The molecule has 0 aliphatic heterocycles. The first-order valence-corrected chi connectivity index (χ1v) is 7.43. The Bertz CT molecular complexity index is 350. The van der Waals surface area contributed by atoms with E-state index in [4.69, 9.17) is 10.6 Å². The number of ether oxygens (including phenoxy) is 1. The first kappa shape index (κ1) is 16.0. The second-order valence-electron chi connectivity index (χ2n) is 5.06. The van der Waals surface area contributed by atoms with Crippen molar-refractivity contribution in [3.63, 3.8) is 0 Å². The molecule has 3 heteroatoms. The maximum Gasteiger partial charge on any atom is 0.119 e. The van der Waals surface area contributed by atoms with Gasteiger partial charge in [-0.05, 0) is 36.5 Å². The Morgan fingerprint density at radius 2 is 1.95 bits per heavy atom. The highest BCUT2D eigenvalue weighted by Crippen LogP contribution is 2.26. The fourth-order valence-electron chi connectivity index (χ4n) is 2.30. The third-order valence-corrected chi connectivity index (χ3v) is 3.66. The molecule has 0 fully saturated rings. The van der Waals surface area contributed by atoms with Gasteiger partial charge in [0.05, 0.1) is 6.61 Å². The molecule has 0 bridgehead atoms. The van der Waals surface area contributed by atoms with Crippen LogP contribution in [0.5, 0.6) is 5.75 Å². The van der Waals surface area contributed by atoms with Gasteiger partial charge in [0.1, 0.15) is 5.75 Å². The Hall–Kier alpha value is -1.06. The minimum Gasteiger partial charge on any atom is -0.494 e. The van der Waals surface area contributed by atoms with Crippen LogP contribution < -0.4 is 16.0 Å². The summed E-state index contributed by atoms with van der Waals surface area (Å²) < 4.78 is 5.68. The van der Waals surface area contributed by atoms with E-state index in [0.29, 0.717) is 5.92 Å². The fourth-order valence-corrected chi connectivity index (χ4v) is 2.30. The average Bonchev–Trinajstić information content (AvgIpc) is 2.47. The van der Waals surface area contributed by atoms with Crippen LogP contribution in [-0.2, 0) is 0 Å². The predicted molar refractivity (Wildman–Crippen MR) is 81.0 cm³/mol. The maximum atomic E-state index is 5.72. The Kier molecular flexibility index (Phi) is 7.53. The van der Waals surface area contributed by atoms with Crippen LogP contribution in [0.25, 0.3) is 0 Å². The molecule has 19 heavy (non-hydrogen) atoms. The molecule has 0 saturated carbocycles. The van der Waals surface area contributed by atoms with Crippen LogP contribution in [0.15, 0.2) is 24.3 Å². The zero-order chi connectivity index (χ0) is 14.1. The van der Waals surface area contributed by atoms with Gasteiger partial charge >= 0.3 is 0 Å². The van der Waals surface area contributed by atoms with E-state index < -0.39 is 0 Å². The van der Waals surface area contributed by atoms with Crippen LogP contribution in [-0.4, -0.2) is 6.61 Å². The Balaban J connectivity index is 2.74. The van der Waals surface area contributed by atoms with Crippen molar-refractivity contribution in [2.45, 2.75) is 52.5 Å². The second-order valence-corrected chi connectivity index (χ2v) is 5.06. The second kappa shape index (κ2) is 8.94. The van der Waals surface area contributed by atoms with Gasteiger partial charge in [0.25, 0.3) is 0 Å². The van der Waals surface area contributed by atoms with E-state index in [-0.39, 0.29) is 6.04 Å². The van der Waals surface area contributed by atoms with Gasteiger partial charge in [0.15, 0.2) is 0 Å². The number of hydrogen-bond donors (Lipinski definition) is 2. The van der Waals surface area contributed by atoms with Crippen molar-refractivity contribution in [3.05, 3.63) is 29.8 Å². The van der Waals surface area contributed by atoms with E-state index in [2.05, 4.69) is 38.3 Å². The molecule has 1 aromatic rings. The molecule has 1 aromatic carbocycles. The largest absolute Gasteiger partial charge is 0.494 e. The van der Waals surface area contributed by atoms with Crippen LogP contribution in [0.3, 0.4) is 0 Å². The lowest BCUT2D eigenvalue weighted by Gasteiger charge is -2.22. The summed E-state index contributed by atoms with van der Waals surface area (Å²) in [4.78, 5) is 0. The van der Waals surface area contributed by atoms with Gasteiger partial charge in [-0.2, -0.15) is 0 Å². The lowest BCUT2D eigenvalue weighted by molar-refractivity contribution is 0.315. The summed E-state index contributed by atoms with van der Waals surface area (Å²) in [7, 11) is 0.